The van der Waals surface area contributed by atoms with E-state index in [-0.39, 0.29) is 12.3 Å². The molecule has 0 spiro atoms. The maximum atomic E-state index is 11.8. The van der Waals surface area contributed by atoms with Crippen LogP contribution in [0.2, 0.25) is 5.02 Å². The van der Waals surface area contributed by atoms with Gasteiger partial charge in [-0.25, -0.2) is 0 Å². The number of hydrazine groups is 1. The third kappa shape index (κ3) is 5.16. The molecule has 0 unspecified atom stereocenters. The van der Waals surface area contributed by atoms with E-state index in [0.29, 0.717) is 17.0 Å². The number of hydrogen-bond acceptors (Lipinski definition) is 2. The summed E-state index contributed by atoms with van der Waals surface area (Å²) in [6, 6.07) is 14.2. The summed E-state index contributed by atoms with van der Waals surface area (Å²) in [7, 11) is 0. The highest BCUT2D eigenvalue weighted by molar-refractivity contribution is 9.10. The lowest BCUT2D eigenvalue weighted by Crippen LogP contribution is -2.41. The van der Waals surface area contributed by atoms with Gasteiger partial charge in [-0.05, 0) is 42.3 Å². The fourth-order valence-corrected chi connectivity index (χ4v) is 2.48. The van der Waals surface area contributed by atoms with E-state index >= 15 is 0 Å². The van der Waals surface area contributed by atoms with Crippen LogP contribution in [0.4, 0.5) is 0 Å². The van der Waals surface area contributed by atoms with Gasteiger partial charge in [0.15, 0.2) is 0 Å². The molecule has 0 aliphatic heterocycles. The van der Waals surface area contributed by atoms with E-state index < -0.39 is 5.91 Å². The van der Waals surface area contributed by atoms with Crippen molar-refractivity contribution in [2.75, 3.05) is 0 Å². The van der Waals surface area contributed by atoms with Crippen LogP contribution in [0, 0.1) is 0 Å². The fourth-order valence-electron chi connectivity index (χ4n) is 1.84. The van der Waals surface area contributed by atoms with Crippen molar-refractivity contribution in [3.8, 4) is 0 Å². The molecule has 0 aromatic heterocycles. The minimum absolute atomic E-state index is 0.254. The predicted molar refractivity (Wildman–Crippen MR) is 89.5 cm³/mol. The van der Waals surface area contributed by atoms with Crippen molar-refractivity contribution in [2.24, 2.45) is 0 Å². The first kappa shape index (κ1) is 16.5. The molecule has 0 saturated carbocycles. The SMILES string of the molecule is O=C(CCc1cccc(Br)c1)NNC(=O)c1cccc(Cl)c1. The topological polar surface area (TPSA) is 58.2 Å². The third-order valence-corrected chi connectivity index (χ3v) is 3.66. The van der Waals surface area contributed by atoms with Crippen molar-refractivity contribution in [2.45, 2.75) is 12.8 Å². The molecular formula is C16H14BrClN2O2. The molecule has 2 N–H and O–H groups in total. The molecule has 0 fully saturated rings. The molecule has 0 radical (unpaired) electrons. The molecule has 0 aliphatic rings. The number of hydrogen-bond donors (Lipinski definition) is 2. The van der Waals surface area contributed by atoms with E-state index in [4.69, 9.17) is 11.6 Å². The van der Waals surface area contributed by atoms with Gasteiger partial charge < -0.3 is 0 Å². The lowest BCUT2D eigenvalue weighted by molar-refractivity contribution is -0.121. The molecule has 2 amide bonds. The number of amides is 2. The Balaban J connectivity index is 1.79. The van der Waals surface area contributed by atoms with Crippen LogP contribution in [-0.4, -0.2) is 11.8 Å². The molecule has 2 rings (SSSR count). The summed E-state index contributed by atoms with van der Waals surface area (Å²) in [6.45, 7) is 0. The summed E-state index contributed by atoms with van der Waals surface area (Å²) in [5.74, 6) is -0.659. The second kappa shape index (κ2) is 7.96. The number of benzene rings is 2. The van der Waals surface area contributed by atoms with Gasteiger partial charge in [-0.15, -0.1) is 0 Å². The molecule has 114 valence electrons. The van der Waals surface area contributed by atoms with Crippen LogP contribution in [0.25, 0.3) is 0 Å². The Kier molecular flexibility index (Phi) is 5.98. The quantitative estimate of drug-likeness (QED) is 0.797. The van der Waals surface area contributed by atoms with Crippen LogP contribution in [0.1, 0.15) is 22.3 Å². The zero-order valence-electron chi connectivity index (χ0n) is 11.6. The van der Waals surface area contributed by atoms with E-state index in [9.17, 15) is 9.59 Å². The lowest BCUT2D eigenvalue weighted by Gasteiger charge is -2.08. The van der Waals surface area contributed by atoms with Crippen LogP contribution >= 0.6 is 27.5 Å². The molecule has 2 aromatic rings. The first-order chi connectivity index (χ1) is 10.5. The van der Waals surface area contributed by atoms with Crippen LogP contribution in [0.15, 0.2) is 53.0 Å². The van der Waals surface area contributed by atoms with Gasteiger partial charge in [-0.2, -0.15) is 0 Å². The van der Waals surface area contributed by atoms with Gasteiger partial charge >= 0.3 is 0 Å². The van der Waals surface area contributed by atoms with E-state index in [1.807, 2.05) is 24.3 Å². The number of carbonyl (C=O) groups excluding carboxylic acids is 2. The van der Waals surface area contributed by atoms with Crippen molar-refractivity contribution >= 4 is 39.3 Å². The summed E-state index contributed by atoms with van der Waals surface area (Å²) in [5, 5.41) is 0.466. The Morgan fingerprint density at radius 2 is 1.82 bits per heavy atom. The Morgan fingerprint density at radius 3 is 2.55 bits per heavy atom. The first-order valence-electron chi connectivity index (χ1n) is 6.64. The minimum Gasteiger partial charge on any atom is -0.273 e. The van der Waals surface area contributed by atoms with E-state index in [1.54, 1.807) is 18.2 Å². The van der Waals surface area contributed by atoms with Crippen LogP contribution in [0.3, 0.4) is 0 Å². The zero-order valence-corrected chi connectivity index (χ0v) is 13.9. The van der Waals surface area contributed by atoms with Gasteiger partial charge in [0.1, 0.15) is 0 Å². The lowest BCUT2D eigenvalue weighted by atomic mass is 10.1. The highest BCUT2D eigenvalue weighted by Crippen LogP contribution is 2.13. The monoisotopic (exact) mass is 380 g/mol. The molecule has 22 heavy (non-hydrogen) atoms. The van der Waals surface area contributed by atoms with Gasteiger partial charge in [0, 0.05) is 21.5 Å². The minimum atomic E-state index is -0.404. The van der Waals surface area contributed by atoms with Gasteiger partial charge in [-0.3, -0.25) is 20.4 Å². The highest BCUT2D eigenvalue weighted by Gasteiger charge is 2.08. The van der Waals surface area contributed by atoms with Gasteiger partial charge in [-0.1, -0.05) is 45.7 Å². The third-order valence-electron chi connectivity index (χ3n) is 2.93. The smallest absolute Gasteiger partial charge is 0.269 e. The second-order valence-corrected chi connectivity index (χ2v) is 5.99. The Bertz CT molecular complexity index is 691. The molecule has 0 atom stereocenters. The second-order valence-electron chi connectivity index (χ2n) is 4.64. The molecule has 0 heterocycles. The summed E-state index contributed by atoms with van der Waals surface area (Å²) < 4.78 is 0.972. The van der Waals surface area contributed by atoms with Crippen LogP contribution < -0.4 is 10.9 Å². The van der Waals surface area contributed by atoms with Crippen LogP contribution in [-0.2, 0) is 11.2 Å². The van der Waals surface area contributed by atoms with E-state index in [2.05, 4.69) is 26.8 Å². The molecule has 0 bridgehead atoms. The van der Waals surface area contributed by atoms with Crippen molar-refractivity contribution in [3.05, 3.63) is 69.2 Å². The van der Waals surface area contributed by atoms with Gasteiger partial charge in [0.2, 0.25) is 5.91 Å². The van der Waals surface area contributed by atoms with E-state index in [1.165, 1.54) is 6.07 Å². The zero-order chi connectivity index (χ0) is 15.9. The van der Waals surface area contributed by atoms with Crippen molar-refractivity contribution in [1.82, 2.24) is 10.9 Å². The number of halogens is 2. The molecular weight excluding hydrogens is 368 g/mol. The summed E-state index contributed by atoms with van der Waals surface area (Å²) in [4.78, 5) is 23.6. The van der Waals surface area contributed by atoms with Crippen molar-refractivity contribution < 1.29 is 9.59 Å². The Labute approximate surface area is 142 Å². The van der Waals surface area contributed by atoms with Crippen LogP contribution in [0.5, 0.6) is 0 Å². The average molecular weight is 382 g/mol. The molecule has 2 aromatic carbocycles. The average Bonchev–Trinajstić information content (AvgIpc) is 2.50. The molecule has 0 saturated heterocycles. The summed E-state index contributed by atoms with van der Waals surface area (Å²) in [5.41, 5.74) is 6.19. The van der Waals surface area contributed by atoms with Gasteiger partial charge in [0.25, 0.3) is 5.91 Å². The molecule has 4 nitrogen and oxygen atoms in total. The number of carbonyl (C=O) groups is 2. The maximum absolute atomic E-state index is 11.8. The Morgan fingerprint density at radius 1 is 1.05 bits per heavy atom. The predicted octanol–water partition coefficient (Wildman–Crippen LogP) is 3.50. The largest absolute Gasteiger partial charge is 0.273 e. The Hall–Kier alpha value is -1.85. The standard InChI is InChI=1S/C16H14BrClN2O2/c17-13-5-1-3-11(9-13)7-8-15(21)19-20-16(22)12-4-2-6-14(18)10-12/h1-6,9-10H,7-8H2,(H,19,21)(H,20,22). The normalized spacial score (nSPS) is 10.1. The molecule has 0 aliphatic carbocycles. The van der Waals surface area contributed by atoms with E-state index in [0.717, 1.165) is 10.0 Å². The molecule has 6 heteroatoms. The highest BCUT2D eigenvalue weighted by atomic mass is 79.9. The fraction of sp³-hybridized carbons (Fsp3) is 0.125. The maximum Gasteiger partial charge on any atom is 0.269 e. The van der Waals surface area contributed by atoms with Crippen molar-refractivity contribution in [1.29, 1.82) is 0 Å². The van der Waals surface area contributed by atoms with Crippen molar-refractivity contribution in [3.63, 3.8) is 0 Å². The van der Waals surface area contributed by atoms with Gasteiger partial charge in [0.05, 0.1) is 0 Å². The number of nitrogens with one attached hydrogen (secondary N) is 2. The first-order valence-corrected chi connectivity index (χ1v) is 7.81. The number of rotatable bonds is 4. The summed E-state index contributed by atoms with van der Waals surface area (Å²) in [6.07, 6.45) is 0.880. The summed E-state index contributed by atoms with van der Waals surface area (Å²) >= 11 is 9.19. The number of aryl methyl sites for hydroxylation is 1.